The first-order valence-corrected chi connectivity index (χ1v) is 10.0. The average Bonchev–Trinajstić information content (AvgIpc) is 3.27. The van der Waals surface area contributed by atoms with Crippen LogP contribution in [0.1, 0.15) is 36.0 Å². The minimum Gasteiger partial charge on any atom is -0.497 e. The SMILES string of the molecule is CCNC(=NCc1cc(C#N)ccc1F)N1CCC(c2cc(OC)cc(OC)c2)C1. The highest BCUT2D eigenvalue weighted by atomic mass is 19.1. The zero-order chi connectivity index (χ0) is 21.5. The predicted molar refractivity (Wildman–Crippen MR) is 114 cm³/mol. The van der Waals surface area contributed by atoms with Crippen LogP contribution in [-0.2, 0) is 6.54 Å². The Hall–Kier alpha value is -3.27. The summed E-state index contributed by atoms with van der Waals surface area (Å²) < 4.78 is 24.9. The van der Waals surface area contributed by atoms with Crippen molar-refractivity contribution in [1.82, 2.24) is 10.2 Å². The molecule has 1 heterocycles. The van der Waals surface area contributed by atoms with Crippen LogP contribution in [0.2, 0.25) is 0 Å². The third-order valence-electron chi connectivity index (χ3n) is 5.24. The molecule has 0 amide bonds. The van der Waals surface area contributed by atoms with Crippen LogP contribution in [0, 0.1) is 17.1 Å². The predicted octanol–water partition coefficient (Wildman–Crippen LogP) is 3.67. The van der Waals surface area contributed by atoms with Crippen LogP contribution in [0.3, 0.4) is 0 Å². The topological polar surface area (TPSA) is 69.9 Å². The molecule has 0 saturated carbocycles. The molecule has 0 aromatic heterocycles. The number of methoxy groups -OCH3 is 2. The van der Waals surface area contributed by atoms with Crippen molar-refractivity contribution in [3.05, 3.63) is 58.9 Å². The van der Waals surface area contributed by atoms with Gasteiger partial charge in [0.05, 0.1) is 32.4 Å². The van der Waals surface area contributed by atoms with E-state index in [9.17, 15) is 4.39 Å². The Balaban J connectivity index is 1.77. The molecule has 2 aromatic rings. The average molecular weight is 410 g/mol. The van der Waals surface area contributed by atoms with Gasteiger partial charge in [0.15, 0.2) is 5.96 Å². The van der Waals surface area contributed by atoms with Crippen LogP contribution in [0.4, 0.5) is 4.39 Å². The monoisotopic (exact) mass is 410 g/mol. The fourth-order valence-electron chi connectivity index (χ4n) is 3.64. The van der Waals surface area contributed by atoms with E-state index in [1.807, 2.05) is 31.2 Å². The number of halogens is 1. The minimum absolute atomic E-state index is 0.178. The molecule has 1 saturated heterocycles. The van der Waals surface area contributed by atoms with E-state index in [1.54, 1.807) is 20.3 Å². The van der Waals surface area contributed by atoms with Crippen molar-refractivity contribution in [3.8, 4) is 17.6 Å². The van der Waals surface area contributed by atoms with Crippen LogP contribution in [0.15, 0.2) is 41.4 Å². The van der Waals surface area contributed by atoms with Crippen molar-refractivity contribution in [3.63, 3.8) is 0 Å². The molecule has 7 heteroatoms. The molecule has 1 N–H and O–H groups in total. The molecule has 2 aromatic carbocycles. The van der Waals surface area contributed by atoms with Crippen LogP contribution in [-0.4, -0.2) is 44.7 Å². The molecule has 1 fully saturated rings. The van der Waals surface area contributed by atoms with Crippen molar-refractivity contribution in [2.45, 2.75) is 25.8 Å². The maximum Gasteiger partial charge on any atom is 0.194 e. The van der Waals surface area contributed by atoms with Gasteiger partial charge in [-0.05, 0) is 49.2 Å². The van der Waals surface area contributed by atoms with Crippen LogP contribution >= 0.6 is 0 Å². The molecule has 0 radical (unpaired) electrons. The standard InChI is InChI=1S/C23H27FN4O2/c1-4-26-23(27-14-19-9-16(13-25)5-6-22(19)24)28-8-7-17(15-28)18-10-20(29-2)12-21(11-18)30-3/h5-6,9-12,17H,4,7-8,14-15H2,1-3H3,(H,26,27). The van der Waals surface area contributed by atoms with Gasteiger partial charge in [-0.2, -0.15) is 5.26 Å². The molecule has 1 aliphatic rings. The van der Waals surface area contributed by atoms with Gasteiger partial charge in [0.1, 0.15) is 17.3 Å². The van der Waals surface area contributed by atoms with E-state index in [2.05, 4.69) is 15.2 Å². The Morgan fingerprint density at radius 1 is 1.23 bits per heavy atom. The Bertz CT molecular complexity index is 932. The molecular formula is C23H27FN4O2. The van der Waals surface area contributed by atoms with E-state index in [-0.39, 0.29) is 12.4 Å². The van der Waals surface area contributed by atoms with Crippen LogP contribution < -0.4 is 14.8 Å². The number of hydrogen-bond donors (Lipinski definition) is 1. The van der Waals surface area contributed by atoms with Crippen molar-refractivity contribution < 1.29 is 13.9 Å². The molecule has 30 heavy (non-hydrogen) atoms. The first kappa shape index (κ1) is 21.4. The number of hydrogen-bond acceptors (Lipinski definition) is 4. The van der Waals surface area contributed by atoms with Gasteiger partial charge in [-0.3, -0.25) is 0 Å². The summed E-state index contributed by atoms with van der Waals surface area (Å²) in [5.74, 6) is 2.26. The largest absolute Gasteiger partial charge is 0.497 e. The van der Waals surface area contributed by atoms with Gasteiger partial charge < -0.3 is 19.7 Å². The lowest BCUT2D eigenvalue weighted by Gasteiger charge is -2.22. The first-order chi connectivity index (χ1) is 14.6. The van der Waals surface area contributed by atoms with E-state index in [0.717, 1.165) is 42.5 Å². The van der Waals surface area contributed by atoms with Crippen LogP contribution in [0.5, 0.6) is 11.5 Å². The molecular weight excluding hydrogens is 383 g/mol. The molecule has 1 atom stereocenters. The number of benzene rings is 2. The van der Waals surface area contributed by atoms with E-state index in [1.165, 1.54) is 12.1 Å². The summed E-state index contributed by atoms with van der Waals surface area (Å²) in [7, 11) is 3.30. The minimum atomic E-state index is -0.351. The molecule has 3 rings (SSSR count). The number of nitrogens with one attached hydrogen (secondary N) is 1. The molecule has 6 nitrogen and oxygen atoms in total. The Morgan fingerprint density at radius 2 is 1.97 bits per heavy atom. The lowest BCUT2D eigenvalue weighted by molar-refractivity contribution is 0.392. The van der Waals surface area contributed by atoms with Crippen molar-refractivity contribution in [2.24, 2.45) is 4.99 Å². The summed E-state index contributed by atoms with van der Waals surface area (Å²) in [4.78, 5) is 6.82. The van der Waals surface area contributed by atoms with Crippen LogP contribution in [0.25, 0.3) is 0 Å². The quantitative estimate of drug-likeness (QED) is 0.581. The second kappa shape index (κ2) is 9.97. The fourth-order valence-corrected chi connectivity index (χ4v) is 3.64. The van der Waals surface area contributed by atoms with Gasteiger partial charge in [-0.25, -0.2) is 9.38 Å². The summed E-state index contributed by atoms with van der Waals surface area (Å²) in [5.41, 5.74) is 2.01. The zero-order valence-electron chi connectivity index (χ0n) is 17.6. The molecule has 1 unspecified atom stereocenters. The molecule has 0 aliphatic carbocycles. The number of ether oxygens (including phenoxy) is 2. The molecule has 0 bridgehead atoms. The summed E-state index contributed by atoms with van der Waals surface area (Å²) in [6.45, 7) is 4.54. The Kier molecular flexibility index (Phi) is 7.12. The maximum absolute atomic E-state index is 14.1. The number of nitrogens with zero attached hydrogens (tertiary/aromatic N) is 3. The number of guanidine groups is 1. The lowest BCUT2D eigenvalue weighted by Crippen LogP contribution is -2.40. The van der Waals surface area contributed by atoms with Gasteiger partial charge >= 0.3 is 0 Å². The maximum atomic E-state index is 14.1. The Morgan fingerprint density at radius 3 is 2.60 bits per heavy atom. The highest BCUT2D eigenvalue weighted by Gasteiger charge is 2.27. The number of nitriles is 1. The van der Waals surface area contributed by atoms with Crippen molar-refractivity contribution >= 4 is 5.96 Å². The summed E-state index contributed by atoms with van der Waals surface area (Å²) in [6, 6.07) is 12.3. The molecule has 0 spiro atoms. The van der Waals surface area contributed by atoms with E-state index < -0.39 is 0 Å². The van der Waals surface area contributed by atoms with E-state index in [4.69, 9.17) is 14.7 Å². The molecule has 1 aliphatic heterocycles. The van der Waals surface area contributed by atoms with Crippen molar-refractivity contribution in [1.29, 1.82) is 5.26 Å². The number of aliphatic imine (C=N–C) groups is 1. The highest BCUT2D eigenvalue weighted by molar-refractivity contribution is 5.80. The van der Waals surface area contributed by atoms with Gasteiger partial charge in [-0.1, -0.05) is 0 Å². The van der Waals surface area contributed by atoms with Crippen molar-refractivity contribution in [2.75, 3.05) is 33.9 Å². The first-order valence-electron chi connectivity index (χ1n) is 10.0. The van der Waals surface area contributed by atoms with E-state index >= 15 is 0 Å². The second-order valence-electron chi connectivity index (χ2n) is 7.17. The summed E-state index contributed by atoms with van der Waals surface area (Å²) >= 11 is 0. The van der Waals surface area contributed by atoms with E-state index in [0.29, 0.717) is 23.6 Å². The summed E-state index contributed by atoms with van der Waals surface area (Å²) in [6.07, 6.45) is 0.971. The van der Waals surface area contributed by atoms with Gasteiger partial charge in [0.2, 0.25) is 0 Å². The number of likely N-dealkylation sites (tertiary alicyclic amines) is 1. The highest BCUT2D eigenvalue weighted by Crippen LogP contribution is 2.33. The number of rotatable bonds is 6. The van der Waals surface area contributed by atoms with Gasteiger partial charge in [0.25, 0.3) is 0 Å². The second-order valence-corrected chi connectivity index (χ2v) is 7.17. The molecule has 158 valence electrons. The van der Waals surface area contributed by atoms with Gasteiger partial charge in [0, 0.05) is 37.2 Å². The Labute approximate surface area is 176 Å². The third kappa shape index (κ3) is 5.01. The normalized spacial score (nSPS) is 16.3. The lowest BCUT2D eigenvalue weighted by atomic mass is 9.98. The van der Waals surface area contributed by atoms with Gasteiger partial charge in [-0.15, -0.1) is 0 Å². The fraction of sp³-hybridized carbons (Fsp3) is 0.391. The zero-order valence-corrected chi connectivity index (χ0v) is 17.6. The summed E-state index contributed by atoms with van der Waals surface area (Å²) in [5, 5.41) is 12.4. The third-order valence-corrected chi connectivity index (χ3v) is 5.24. The smallest absolute Gasteiger partial charge is 0.194 e.